The van der Waals surface area contributed by atoms with Crippen molar-refractivity contribution in [1.29, 1.82) is 0 Å². The van der Waals surface area contributed by atoms with E-state index in [1.807, 2.05) is 12.1 Å². The third-order valence-electron chi connectivity index (χ3n) is 5.12. The monoisotopic (exact) mass is 374 g/mol. The zero-order valence-corrected chi connectivity index (χ0v) is 16.1. The minimum Gasteiger partial charge on any atom is -0.364 e. The molecule has 3 heteroatoms. The van der Waals surface area contributed by atoms with Crippen LogP contribution in [0.2, 0.25) is 5.02 Å². The highest BCUT2D eigenvalue weighted by Crippen LogP contribution is 2.37. The topological polar surface area (TPSA) is 24.4 Å². The molecule has 3 aromatic rings. The minimum absolute atomic E-state index is 0.0938. The zero-order valence-electron chi connectivity index (χ0n) is 15.3. The second-order valence-electron chi connectivity index (χ2n) is 7.13. The Balaban J connectivity index is 1.60. The molecule has 4 rings (SSSR count). The molecule has 0 amide bonds. The quantitative estimate of drug-likeness (QED) is 0.581. The van der Waals surface area contributed by atoms with Crippen molar-refractivity contribution in [1.82, 2.24) is 5.32 Å². The van der Waals surface area contributed by atoms with Crippen LogP contribution in [0, 0.1) is 5.92 Å². The van der Waals surface area contributed by atoms with E-state index in [9.17, 15) is 0 Å². The Morgan fingerprint density at radius 3 is 2.07 bits per heavy atom. The van der Waals surface area contributed by atoms with Crippen LogP contribution >= 0.6 is 11.6 Å². The lowest BCUT2D eigenvalue weighted by Crippen LogP contribution is -2.29. The molecule has 1 aliphatic rings. The minimum atomic E-state index is 0.0938. The largest absolute Gasteiger partial charge is 0.364 e. The van der Waals surface area contributed by atoms with E-state index in [-0.39, 0.29) is 12.1 Å². The number of benzene rings is 3. The molecule has 1 aliphatic heterocycles. The van der Waals surface area contributed by atoms with Crippen molar-refractivity contribution in [3.8, 4) is 0 Å². The maximum atomic E-state index is 6.01. The van der Waals surface area contributed by atoms with Crippen LogP contribution < -0.4 is 5.32 Å². The number of hydrogen-bond donors (Lipinski definition) is 1. The van der Waals surface area contributed by atoms with E-state index >= 15 is 0 Å². The van der Waals surface area contributed by atoms with Gasteiger partial charge in [0.15, 0.2) is 0 Å². The molecule has 3 aromatic carbocycles. The molecule has 0 saturated heterocycles. The normalized spacial score (nSPS) is 20.0. The van der Waals surface area contributed by atoms with Crippen molar-refractivity contribution in [3.05, 3.63) is 107 Å². The highest BCUT2D eigenvalue weighted by atomic mass is 35.5. The van der Waals surface area contributed by atoms with Crippen LogP contribution in [0.25, 0.3) is 0 Å². The lowest BCUT2D eigenvalue weighted by Gasteiger charge is -2.20. The third-order valence-corrected chi connectivity index (χ3v) is 5.37. The summed E-state index contributed by atoms with van der Waals surface area (Å²) < 4.78 is 0. The Morgan fingerprint density at radius 1 is 0.852 bits per heavy atom. The second kappa shape index (κ2) is 7.98. The Morgan fingerprint density at radius 2 is 1.44 bits per heavy atom. The van der Waals surface area contributed by atoms with Gasteiger partial charge in [-0.15, -0.1) is 0 Å². The van der Waals surface area contributed by atoms with Crippen LogP contribution in [0.5, 0.6) is 0 Å². The highest BCUT2D eigenvalue weighted by molar-refractivity contribution is 6.30. The molecule has 1 N–H and O–H groups in total. The van der Waals surface area contributed by atoms with Crippen LogP contribution in [-0.2, 0) is 6.42 Å². The van der Waals surface area contributed by atoms with Crippen LogP contribution in [0.4, 0.5) is 0 Å². The van der Waals surface area contributed by atoms with Crippen molar-refractivity contribution in [2.75, 3.05) is 0 Å². The first kappa shape index (κ1) is 17.8. The first-order chi connectivity index (χ1) is 13.2. The SMILES string of the molecule is CC(Cc1ccc(Cl)cc1)C1=NC(c2ccccc2)C(c2ccccc2)N1. The Hall–Kier alpha value is -2.58. The summed E-state index contributed by atoms with van der Waals surface area (Å²) in [6.45, 7) is 2.23. The molecule has 0 bridgehead atoms. The van der Waals surface area contributed by atoms with E-state index in [0.717, 1.165) is 17.3 Å². The second-order valence-corrected chi connectivity index (χ2v) is 7.57. The van der Waals surface area contributed by atoms with Crippen molar-refractivity contribution in [3.63, 3.8) is 0 Å². The predicted molar refractivity (Wildman–Crippen MR) is 113 cm³/mol. The number of hydrogen-bond acceptors (Lipinski definition) is 2. The fourth-order valence-electron chi connectivity index (χ4n) is 3.68. The van der Waals surface area contributed by atoms with E-state index in [1.165, 1.54) is 16.7 Å². The summed E-state index contributed by atoms with van der Waals surface area (Å²) in [6.07, 6.45) is 0.937. The Bertz CT molecular complexity index is 904. The molecule has 136 valence electrons. The molecule has 2 nitrogen and oxygen atoms in total. The molecule has 0 fully saturated rings. The van der Waals surface area contributed by atoms with Gasteiger partial charge in [-0.1, -0.05) is 91.3 Å². The average Bonchev–Trinajstić information content (AvgIpc) is 3.17. The molecular weight excluding hydrogens is 352 g/mol. The molecule has 0 saturated carbocycles. The first-order valence-electron chi connectivity index (χ1n) is 9.39. The number of amidine groups is 1. The molecule has 0 radical (unpaired) electrons. The highest BCUT2D eigenvalue weighted by Gasteiger charge is 2.32. The molecule has 1 heterocycles. The van der Waals surface area contributed by atoms with Gasteiger partial charge in [0.2, 0.25) is 0 Å². The van der Waals surface area contributed by atoms with Crippen molar-refractivity contribution >= 4 is 17.4 Å². The van der Waals surface area contributed by atoms with Crippen molar-refractivity contribution in [2.45, 2.75) is 25.4 Å². The van der Waals surface area contributed by atoms with Gasteiger partial charge in [-0.3, -0.25) is 4.99 Å². The summed E-state index contributed by atoms with van der Waals surface area (Å²) in [5.74, 6) is 1.39. The Kier molecular flexibility index (Phi) is 5.26. The van der Waals surface area contributed by atoms with Gasteiger partial charge in [-0.2, -0.15) is 0 Å². The summed E-state index contributed by atoms with van der Waals surface area (Å²) in [6, 6.07) is 29.5. The number of halogens is 1. The number of aliphatic imine (C=N–C) groups is 1. The number of nitrogens with zero attached hydrogens (tertiary/aromatic N) is 1. The maximum absolute atomic E-state index is 6.01. The molecule has 3 unspecified atom stereocenters. The van der Waals surface area contributed by atoms with E-state index in [0.29, 0.717) is 5.92 Å². The number of rotatable bonds is 5. The smallest absolute Gasteiger partial charge is 0.101 e. The summed E-state index contributed by atoms with van der Waals surface area (Å²) in [5.41, 5.74) is 3.78. The third kappa shape index (κ3) is 4.06. The molecular formula is C24H23ClN2. The molecule has 3 atom stereocenters. The van der Waals surface area contributed by atoms with Crippen LogP contribution in [-0.4, -0.2) is 5.84 Å². The van der Waals surface area contributed by atoms with Gasteiger partial charge in [0, 0.05) is 10.9 Å². The summed E-state index contributed by atoms with van der Waals surface area (Å²) in [4.78, 5) is 5.11. The van der Waals surface area contributed by atoms with Gasteiger partial charge in [0.1, 0.15) is 11.9 Å². The van der Waals surface area contributed by atoms with Gasteiger partial charge in [0.25, 0.3) is 0 Å². The van der Waals surface area contributed by atoms with Crippen molar-refractivity contribution in [2.24, 2.45) is 10.9 Å². The molecule has 27 heavy (non-hydrogen) atoms. The molecule has 0 aliphatic carbocycles. The van der Waals surface area contributed by atoms with E-state index in [4.69, 9.17) is 16.6 Å². The van der Waals surface area contributed by atoms with Gasteiger partial charge < -0.3 is 5.32 Å². The summed E-state index contributed by atoms with van der Waals surface area (Å²) in [7, 11) is 0. The first-order valence-corrected chi connectivity index (χ1v) is 9.77. The summed E-state index contributed by atoms with van der Waals surface area (Å²) >= 11 is 6.01. The van der Waals surface area contributed by atoms with E-state index in [1.54, 1.807) is 0 Å². The van der Waals surface area contributed by atoms with Gasteiger partial charge in [-0.25, -0.2) is 0 Å². The fraction of sp³-hybridized carbons (Fsp3) is 0.208. The molecule has 0 aromatic heterocycles. The fourth-order valence-corrected chi connectivity index (χ4v) is 3.81. The Labute approximate surface area is 165 Å². The molecule has 0 spiro atoms. The number of nitrogens with one attached hydrogen (secondary N) is 1. The van der Waals surface area contributed by atoms with Gasteiger partial charge >= 0.3 is 0 Å². The van der Waals surface area contributed by atoms with Gasteiger partial charge in [0.05, 0.1) is 6.04 Å². The van der Waals surface area contributed by atoms with Crippen LogP contribution in [0.3, 0.4) is 0 Å². The van der Waals surface area contributed by atoms with Crippen LogP contribution in [0.15, 0.2) is 89.9 Å². The maximum Gasteiger partial charge on any atom is 0.101 e. The van der Waals surface area contributed by atoms with E-state index in [2.05, 4.69) is 85.0 Å². The average molecular weight is 375 g/mol. The lowest BCUT2D eigenvalue weighted by molar-refractivity contribution is 0.568. The van der Waals surface area contributed by atoms with Crippen molar-refractivity contribution < 1.29 is 0 Å². The van der Waals surface area contributed by atoms with Crippen LogP contribution in [0.1, 0.15) is 35.7 Å². The zero-order chi connectivity index (χ0) is 18.6. The standard InChI is InChI=1S/C24H23ClN2/c1-17(16-18-12-14-21(25)15-13-18)24-26-22(19-8-4-2-5-9-19)23(27-24)20-10-6-3-7-11-20/h2-15,17,22-23H,16H2,1H3,(H,26,27). The lowest BCUT2D eigenvalue weighted by atomic mass is 9.95. The van der Waals surface area contributed by atoms with E-state index < -0.39 is 0 Å². The van der Waals surface area contributed by atoms with Gasteiger partial charge in [-0.05, 0) is 35.2 Å². The predicted octanol–water partition coefficient (Wildman–Crippen LogP) is 6.00. The summed E-state index contributed by atoms with van der Waals surface area (Å²) in [5, 5.41) is 4.49.